The monoisotopic (exact) mass is 1060 g/mol. The predicted octanol–water partition coefficient (Wildman–Crippen LogP) is 16.9. The molecule has 0 unspecified atom stereocenters. The van der Waals surface area contributed by atoms with E-state index in [1.54, 1.807) is 12.1 Å². The molecule has 0 fully saturated rings. The predicted molar refractivity (Wildman–Crippen MR) is 271 cm³/mol. The van der Waals surface area contributed by atoms with Crippen molar-refractivity contribution < 1.29 is 30.2 Å². The van der Waals surface area contributed by atoms with E-state index in [-0.39, 0.29) is 50.6 Å². The summed E-state index contributed by atoms with van der Waals surface area (Å²) in [6, 6.07) is 57.0. The van der Waals surface area contributed by atoms with Crippen molar-refractivity contribution in [3.8, 4) is 39.6 Å². The molecule has 1 aliphatic heterocycles. The maximum Gasteiger partial charge on any atom is 0.135 e. The van der Waals surface area contributed by atoms with Crippen LogP contribution in [0.25, 0.3) is 49.9 Å². The zero-order valence-corrected chi connectivity index (χ0v) is 41.5. The number of aromatic nitrogens is 2. The number of hydrogen-bond acceptors (Lipinski definition) is 4. The van der Waals surface area contributed by atoms with Gasteiger partial charge in [0.15, 0.2) is 0 Å². The van der Waals surface area contributed by atoms with Crippen LogP contribution >= 0.6 is 0 Å². The molecule has 2 aromatic heterocycles. The molecule has 0 saturated heterocycles. The first-order chi connectivity index (χ1) is 32.0. The van der Waals surface area contributed by atoms with Crippen LogP contribution < -0.4 is 14.5 Å². The zero-order valence-electron chi connectivity index (χ0n) is 39.2. The van der Waals surface area contributed by atoms with E-state index in [1.807, 2.05) is 42.6 Å². The van der Waals surface area contributed by atoms with Crippen molar-refractivity contribution >= 4 is 44.6 Å². The first kappa shape index (κ1) is 45.7. The normalized spacial score (nSPS) is 12.6. The van der Waals surface area contributed by atoms with E-state index >= 15 is 4.39 Å². The van der Waals surface area contributed by atoms with Gasteiger partial charge in [0.05, 0.1) is 0 Å². The zero-order chi connectivity index (χ0) is 45.8. The third-order valence-corrected chi connectivity index (χ3v) is 12.9. The summed E-state index contributed by atoms with van der Waals surface area (Å²) in [5.74, 6) is 2.62. The summed E-state index contributed by atoms with van der Waals surface area (Å²) in [6.45, 7) is 20.1. The second-order valence-electron chi connectivity index (χ2n) is 18.6. The topological polar surface area (TPSA) is 33.5 Å². The third kappa shape index (κ3) is 8.35. The molecule has 5 nitrogen and oxygen atoms in total. The Balaban J connectivity index is 0.00000562. The van der Waals surface area contributed by atoms with Gasteiger partial charge >= 0.3 is 0 Å². The Morgan fingerprint density at radius 2 is 1.18 bits per heavy atom. The van der Waals surface area contributed by atoms with E-state index in [2.05, 4.69) is 186 Å². The summed E-state index contributed by atoms with van der Waals surface area (Å²) in [5, 5.41) is 2.19. The van der Waals surface area contributed by atoms with Crippen molar-refractivity contribution in [2.24, 2.45) is 0 Å². The molecule has 3 heterocycles. The summed E-state index contributed by atoms with van der Waals surface area (Å²) in [7, 11) is 0. The van der Waals surface area contributed by atoms with Crippen molar-refractivity contribution in [2.45, 2.75) is 79.1 Å². The molecule has 7 aromatic carbocycles. The van der Waals surface area contributed by atoms with E-state index < -0.39 is 0 Å². The van der Waals surface area contributed by atoms with Crippen molar-refractivity contribution in [3.05, 3.63) is 199 Å². The van der Waals surface area contributed by atoms with Gasteiger partial charge in [0.1, 0.15) is 11.6 Å². The fourth-order valence-electron chi connectivity index (χ4n) is 9.69. The summed E-state index contributed by atoms with van der Waals surface area (Å²) < 4.78 is 24.5. The maximum atomic E-state index is 15.4. The van der Waals surface area contributed by atoms with Gasteiger partial charge in [-0.1, -0.05) is 134 Å². The van der Waals surface area contributed by atoms with Gasteiger partial charge in [0.2, 0.25) is 0 Å². The Morgan fingerprint density at radius 1 is 0.552 bits per heavy atom. The average Bonchev–Trinajstić information content (AvgIpc) is 3.87. The van der Waals surface area contributed by atoms with Crippen LogP contribution in [0.3, 0.4) is 0 Å². The largest absolute Gasteiger partial charge is 0.509 e. The first-order valence-corrected chi connectivity index (χ1v) is 23.2. The molecule has 0 aliphatic carbocycles. The Morgan fingerprint density at radius 3 is 1.84 bits per heavy atom. The standard InChI is InChI=1S/C60H54FN4O.Pt/c1-37(2)46-20-17-21-47(38(3)4)59(46)42-30-43(34-45(31-42)66-44-27-28-50-49-19-10-12-23-54(49)65(57(50)35-44)58-26-15-16-29-62-58)63-36-64(56-25-14-13-24-55(56)63)60-51(39(5)6)32-41(33-52(60)40(7)8)48-18-9-11-22-53(48)61;/h9-33,36-40H,1-8H3;/q-3;. The van der Waals surface area contributed by atoms with Crippen molar-refractivity contribution in [1.29, 1.82) is 0 Å². The minimum atomic E-state index is -0.222. The number of hydrogen-bond donors (Lipinski definition) is 0. The number of ether oxygens (including phenoxy) is 1. The Hall–Kier alpha value is -6.49. The van der Waals surface area contributed by atoms with Crippen LogP contribution in [-0.4, -0.2) is 9.55 Å². The number of anilines is 4. The summed E-state index contributed by atoms with van der Waals surface area (Å²) in [4.78, 5) is 9.31. The molecule has 0 amide bonds. The molecule has 0 spiro atoms. The molecular weight excluding hydrogens is 1010 g/mol. The van der Waals surface area contributed by atoms with Gasteiger partial charge in [-0.25, -0.2) is 9.37 Å². The maximum absolute atomic E-state index is 15.4. The van der Waals surface area contributed by atoms with Crippen LogP contribution in [0.5, 0.6) is 11.5 Å². The first-order valence-electron chi connectivity index (χ1n) is 23.2. The Labute approximate surface area is 409 Å². The molecule has 1 aliphatic rings. The molecule has 0 bridgehead atoms. The number of para-hydroxylation sites is 3. The van der Waals surface area contributed by atoms with Gasteiger partial charge < -0.3 is 19.1 Å². The molecule has 0 atom stereocenters. The molecule has 9 aromatic rings. The second-order valence-corrected chi connectivity index (χ2v) is 18.6. The molecule has 10 rings (SSSR count). The Kier molecular flexibility index (Phi) is 12.7. The number of nitrogens with zero attached hydrogens (tertiary/aromatic N) is 4. The van der Waals surface area contributed by atoms with Gasteiger partial charge in [-0.05, 0) is 111 Å². The SMILES string of the molecule is CC(C)c1cccc(C(C)C)c1-c1cc(Oc2[c-]c3c(cc2)c2ccccc2n3-c2ccccn2)[c-]c(N2[CH-]N(c3c(C(C)C)cc(-c4ccccc4F)cc3C(C)C)c3ccccc32)c1.[Pt]. The van der Waals surface area contributed by atoms with Crippen molar-refractivity contribution in [1.82, 2.24) is 9.55 Å². The van der Waals surface area contributed by atoms with E-state index in [1.165, 1.54) is 16.7 Å². The fourth-order valence-corrected chi connectivity index (χ4v) is 9.69. The minimum Gasteiger partial charge on any atom is -0.509 e. The van der Waals surface area contributed by atoms with E-state index in [4.69, 9.17) is 9.72 Å². The molecule has 340 valence electrons. The van der Waals surface area contributed by atoms with Crippen molar-refractivity contribution in [3.63, 3.8) is 0 Å². The number of benzene rings is 7. The summed E-state index contributed by atoms with van der Waals surface area (Å²) >= 11 is 0. The molecule has 0 saturated carbocycles. The number of rotatable bonds is 11. The van der Waals surface area contributed by atoms with E-state index in [0.717, 1.165) is 72.6 Å². The second kappa shape index (κ2) is 18.7. The van der Waals surface area contributed by atoms with Crippen LogP contribution in [0.1, 0.15) is 101 Å². The summed E-state index contributed by atoms with van der Waals surface area (Å²) in [5.41, 5.74) is 14.6. The van der Waals surface area contributed by atoms with Crippen molar-refractivity contribution in [2.75, 3.05) is 9.80 Å². The van der Waals surface area contributed by atoms with Gasteiger partial charge in [-0.2, -0.15) is 6.07 Å². The van der Waals surface area contributed by atoms with E-state index in [0.29, 0.717) is 17.1 Å². The fraction of sp³-hybridized carbons (Fsp3) is 0.200. The van der Waals surface area contributed by atoms with E-state index in [9.17, 15) is 0 Å². The molecule has 67 heavy (non-hydrogen) atoms. The van der Waals surface area contributed by atoms with Gasteiger partial charge in [-0.15, -0.1) is 53.6 Å². The molecule has 0 N–H and O–H groups in total. The smallest absolute Gasteiger partial charge is 0.135 e. The minimum absolute atomic E-state index is 0. The van der Waals surface area contributed by atoms with Crippen LogP contribution in [0.4, 0.5) is 27.1 Å². The molecule has 0 radical (unpaired) electrons. The van der Waals surface area contributed by atoms with Gasteiger partial charge in [0.25, 0.3) is 0 Å². The van der Waals surface area contributed by atoms with Crippen LogP contribution in [0, 0.1) is 24.6 Å². The number of halogens is 1. The molecule has 7 heteroatoms. The van der Waals surface area contributed by atoms with Crippen LogP contribution in [0.15, 0.2) is 152 Å². The average molecular weight is 1060 g/mol. The van der Waals surface area contributed by atoms with Crippen LogP contribution in [-0.2, 0) is 21.1 Å². The number of fused-ring (bicyclic) bond motifs is 4. The summed E-state index contributed by atoms with van der Waals surface area (Å²) in [6.07, 6.45) is 1.82. The number of pyridine rings is 1. The Bertz CT molecular complexity index is 3210. The van der Waals surface area contributed by atoms with Gasteiger partial charge in [0, 0.05) is 66.9 Å². The quantitative estimate of drug-likeness (QED) is 0.121. The third-order valence-electron chi connectivity index (χ3n) is 12.9. The van der Waals surface area contributed by atoms with Crippen LogP contribution in [0.2, 0.25) is 0 Å². The molecular formula is C60H54FN4OPt-3. The van der Waals surface area contributed by atoms with Gasteiger partial charge in [-0.3, -0.25) is 0 Å².